The highest BCUT2D eigenvalue weighted by atomic mass is 19.4. The summed E-state index contributed by atoms with van der Waals surface area (Å²) in [6.45, 7) is 1.08. The molecule has 0 aliphatic carbocycles. The van der Waals surface area contributed by atoms with Crippen LogP contribution in [0.25, 0.3) is 0 Å². The lowest BCUT2D eigenvalue weighted by molar-refractivity contribution is -0.137. The van der Waals surface area contributed by atoms with Gasteiger partial charge in [-0.05, 0) is 18.2 Å². The van der Waals surface area contributed by atoms with Gasteiger partial charge in [0.1, 0.15) is 0 Å². The summed E-state index contributed by atoms with van der Waals surface area (Å²) in [7, 11) is 0. The lowest BCUT2D eigenvalue weighted by Crippen LogP contribution is -2.13. The summed E-state index contributed by atoms with van der Waals surface area (Å²) in [6.07, 6.45) is -4.59. The maximum Gasteiger partial charge on any atom is 0.416 e. The monoisotopic (exact) mass is 247 g/mol. The molecule has 92 valence electrons. The summed E-state index contributed by atoms with van der Waals surface area (Å²) in [5.41, 5.74) is -1.79. The minimum atomic E-state index is -4.59. The molecule has 0 radical (unpaired) electrons. The highest BCUT2D eigenvalue weighted by molar-refractivity contribution is 6.00. The van der Waals surface area contributed by atoms with Crippen LogP contribution in [0, 0.1) is 0 Å². The molecule has 0 spiro atoms. The van der Waals surface area contributed by atoms with Crippen LogP contribution in [0.1, 0.15) is 22.8 Å². The second-order valence-corrected chi connectivity index (χ2v) is 3.24. The van der Waals surface area contributed by atoms with Crippen molar-refractivity contribution in [1.82, 2.24) is 0 Å². The van der Waals surface area contributed by atoms with Crippen molar-refractivity contribution < 1.29 is 27.9 Å². The Morgan fingerprint density at radius 2 is 1.88 bits per heavy atom. The van der Waals surface area contributed by atoms with Gasteiger partial charge in [-0.1, -0.05) is 0 Å². The fourth-order valence-corrected chi connectivity index (χ4v) is 1.20. The number of hydrogen-bond donors (Lipinski definition) is 2. The summed E-state index contributed by atoms with van der Waals surface area (Å²) in [6, 6.07) is 2.04. The smallest absolute Gasteiger partial charge is 0.416 e. The lowest BCUT2D eigenvalue weighted by atomic mass is 10.1. The highest BCUT2D eigenvalue weighted by Crippen LogP contribution is 2.32. The Balaban J connectivity index is 3.29. The number of alkyl halides is 3. The van der Waals surface area contributed by atoms with Gasteiger partial charge in [0.15, 0.2) is 0 Å². The van der Waals surface area contributed by atoms with E-state index in [1.54, 1.807) is 0 Å². The van der Waals surface area contributed by atoms with Crippen LogP contribution in [-0.2, 0) is 11.0 Å². The summed E-state index contributed by atoms with van der Waals surface area (Å²) >= 11 is 0. The molecule has 0 saturated carbocycles. The first kappa shape index (κ1) is 13.0. The van der Waals surface area contributed by atoms with Crippen molar-refractivity contribution in [2.24, 2.45) is 0 Å². The molecule has 0 fully saturated rings. The van der Waals surface area contributed by atoms with Crippen LogP contribution in [0.15, 0.2) is 18.2 Å². The average molecular weight is 247 g/mol. The molecule has 0 aliphatic rings. The Morgan fingerprint density at radius 3 is 2.29 bits per heavy atom. The summed E-state index contributed by atoms with van der Waals surface area (Å²) in [5.74, 6) is -2.06. The van der Waals surface area contributed by atoms with Crippen molar-refractivity contribution >= 4 is 17.6 Å². The van der Waals surface area contributed by atoms with Gasteiger partial charge in [0, 0.05) is 6.92 Å². The number of halogens is 3. The number of aromatic carboxylic acids is 1. The van der Waals surface area contributed by atoms with E-state index in [0.717, 1.165) is 13.0 Å². The third-order valence-electron chi connectivity index (χ3n) is 1.89. The minimum Gasteiger partial charge on any atom is -0.478 e. The molecule has 0 unspecified atom stereocenters. The van der Waals surface area contributed by atoms with Gasteiger partial charge in [0.05, 0.1) is 16.8 Å². The topological polar surface area (TPSA) is 66.4 Å². The molecule has 1 rings (SSSR count). The van der Waals surface area contributed by atoms with Crippen LogP contribution in [0.5, 0.6) is 0 Å². The predicted molar refractivity (Wildman–Crippen MR) is 52.7 cm³/mol. The van der Waals surface area contributed by atoms with Crippen LogP contribution in [0.4, 0.5) is 18.9 Å². The second kappa shape index (κ2) is 4.44. The second-order valence-electron chi connectivity index (χ2n) is 3.24. The Kier molecular flexibility index (Phi) is 3.40. The normalized spacial score (nSPS) is 11.1. The van der Waals surface area contributed by atoms with Crippen molar-refractivity contribution in [3.8, 4) is 0 Å². The number of anilines is 1. The summed E-state index contributed by atoms with van der Waals surface area (Å²) in [5, 5.41) is 10.8. The number of nitrogens with one attached hydrogen (secondary N) is 1. The third-order valence-corrected chi connectivity index (χ3v) is 1.89. The van der Waals surface area contributed by atoms with Crippen LogP contribution < -0.4 is 5.32 Å². The molecule has 1 amide bonds. The van der Waals surface area contributed by atoms with Gasteiger partial charge in [-0.3, -0.25) is 4.79 Å². The average Bonchev–Trinajstić information content (AvgIpc) is 2.14. The standard InChI is InChI=1S/C10H8F3NO3/c1-5(15)14-8-4-6(10(11,12)13)2-3-7(8)9(16)17/h2-4H,1H3,(H,14,15)(H,16,17). The first-order valence-corrected chi connectivity index (χ1v) is 4.44. The molecule has 0 bridgehead atoms. The quantitative estimate of drug-likeness (QED) is 0.843. The molecule has 4 nitrogen and oxygen atoms in total. The van der Waals surface area contributed by atoms with Crippen molar-refractivity contribution in [2.75, 3.05) is 5.32 Å². The molecule has 0 aliphatic heterocycles. The number of carboxylic acids is 1. The molecular formula is C10H8F3NO3. The van der Waals surface area contributed by atoms with E-state index in [2.05, 4.69) is 0 Å². The van der Waals surface area contributed by atoms with Gasteiger partial charge < -0.3 is 10.4 Å². The van der Waals surface area contributed by atoms with Crippen molar-refractivity contribution in [3.05, 3.63) is 29.3 Å². The molecule has 0 aromatic heterocycles. The maximum atomic E-state index is 12.4. The lowest BCUT2D eigenvalue weighted by Gasteiger charge is -2.11. The number of carbonyl (C=O) groups is 2. The molecule has 1 aromatic carbocycles. The predicted octanol–water partition coefficient (Wildman–Crippen LogP) is 2.36. The third kappa shape index (κ3) is 3.20. The zero-order valence-corrected chi connectivity index (χ0v) is 8.63. The highest BCUT2D eigenvalue weighted by Gasteiger charge is 2.31. The van der Waals surface area contributed by atoms with E-state index >= 15 is 0 Å². The number of carboxylic acid groups (broad SMARTS) is 1. The molecule has 1 aromatic rings. The number of hydrogen-bond acceptors (Lipinski definition) is 2. The van der Waals surface area contributed by atoms with Crippen LogP contribution in [0.3, 0.4) is 0 Å². The Hall–Kier alpha value is -2.05. The Morgan fingerprint density at radius 1 is 1.29 bits per heavy atom. The fraction of sp³-hybridized carbons (Fsp3) is 0.200. The first-order chi connectivity index (χ1) is 7.71. The molecule has 2 N–H and O–H groups in total. The van der Waals surface area contributed by atoms with E-state index in [0.29, 0.717) is 12.1 Å². The van der Waals surface area contributed by atoms with E-state index in [-0.39, 0.29) is 5.69 Å². The Labute approximate surface area is 94.1 Å². The molecule has 0 heterocycles. The van der Waals surface area contributed by atoms with Gasteiger partial charge in [-0.2, -0.15) is 13.2 Å². The van der Waals surface area contributed by atoms with E-state index < -0.39 is 29.2 Å². The van der Waals surface area contributed by atoms with Gasteiger partial charge in [-0.15, -0.1) is 0 Å². The molecule has 17 heavy (non-hydrogen) atoms. The van der Waals surface area contributed by atoms with Crippen LogP contribution in [0.2, 0.25) is 0 Å². The molecular weight excluding hydrogens is 239 g/mol. The molecule has 7 heteroatoms. The van der Waals surface area contributed by atoms with E-state index in [1.807, 2.05) is 5.32 Å². The summed E-state index contributed by atoms with van der Waals surface area (Å²) in [4.78, 5) is 21.5. The summed E-state index contributed by atoms with van der Waals surface area (Å²) < 4.78 is 37.1. The van der Waals surface area contributed by atoms with Crippen LogP contribution >= 0.6 is 0 Å². The van der Waals surface area contributed by atoms with Crippen molar-refractivity contribution in [1.29, 1.82) is 0 Å². The van der Waals surface area contributed by atoms with Crippen molar-refractivity contribution in [3.63, 3.8) is 0 Å². The first-order valence-electron chi connectivity index (χ1n) is 4.44. The van der Waals surface area contributed by atoms with Gasteiger partial charge in [-0.25, -0.2) is 4.79 Å². The zero-order chi connectivity index (χ0) is 13.2. The Bertz CT molecular complexity index is 468. The number of carbonyl (C=O) groups excluding carboxylic acids is 1. The number of rotatable bonds is 2. The maximum absolute atomic E-state index is 12.4. The zero-order valence-electron chi connectivity index (χ0n) is 8.63. The van der Waals surface area contributed by atoms with E-state index in [9.17, 15) is 22.8 Å². The number of benzene rings is 1. The largest absolute Gasteiger partial charge is 0.478 e. The van der Waals surface area contributed by atoms with E-state index in [4.69, 9.17) is 5.11 Å². The fourth-order valence-electron chi connectivity index (χ4n) is 1.20. The van der Waals surface area contributed by atoms with Gasteiger partial charge in [0.25, 0.3) is 0 Å². The number of amides is 1. The van der Waals surface area contributed by atoms with Gasteiger partial charge >= 0.3 is 12.1 Å². The van der Waals surface area contributed by atoms with E-state index in [1.165, 1.54) is 0 Å². The SMILES string of the molecule is CC(=O)Nc1cc(C(F)(F)F)ccc1C(=O)O. The minimum absolute atomic E-state index is 0.375. The van der Waals surface area contributed by atoms with Crippen molar-refractivity contribution in [2.45, 2.75) is 13.1 Å². The molecule has 0 atom stereocenters. The molecule has 0 saturated heterocycles. The van der Waals surface area contributed by atoms with Gasteiger partial charge in [0.2, 0.25) is 5.91 Å². The van der Waals surface area contributed by atoms with Crippen LogP contribution in [-0.4, -0.2) is 17.0 Å².